The molecular formula is C11H12N2O4S2. The SMILES string of the molecule is C#C[C@]1(CO)O[C@@H](n2ccc(=S)[nH]c2=S)C(O)[C@H]1O. The van der Waals surface area contributed by atoms with Gasteiger partial charge in [0.25, 0.3) is 0 Å². The van der Waals surface area contributed by atoms with Gasteiger partial charge in [0, 0.05) is 6.20 Å². The molecule has 1 saturated heterocycles. The molecule has 4 atom stereocenters. The van der Waals surface area contributed by atoms with Gasteiger partial charge >= 0.3 is 0 Å². The van der Waals surface area contributed by atoms with Crippen LogP contribution in [0.5, 0.6) is 0 Å². The third-order valence-corrected chi connectivity index (χ3v) is 3.58. The number of aliphatic hydroxyl groups excluding tert-OH is 3. The minimum atomic E-state index is -1.65. The highest BCUT2D eigenvalue weighted by Crippen LogP contribution is 2.36. The van der Waals surface area contributed by atoms with Crippen molar-refractivity contribution in [3.8, 4) is 12.3 Å². The van der Waals surface area contributed by atoms with Gasteiger partial charge in [-0.05, 0) is 18.3 Å². The molecule has 0 bridgehead atoms. The first-order chi connectivity index (χ1) is 8.95. The molecular weight excluding hydrogens is 288 g/mol. The summed E-state index contributed by atoms with van der Waals surface area (Å²) in [5.41, 5.74) is -1.65. The van der Waals surface area contributed by atoms with Gasteiger partial charge in [-0.2, -0.15) is 0 Å². The minimum Gasteiger partial charge on any atom is -0.392 e. The summed E-state index contributed by atoms with van der Waals surface area (Å²) >= 11 is 9.99. The van der Waals surface area contributed by atoms with Crippen LogP contribution in [0.25, 0.3) is 0 Å². The Morgan fingerprint density at radius 2 is 2.21 bits per heavy atom. The number of H-pyrrole nitrogens is 1. The van der Waals surface area contributed by atoms with E-state index in [9.17, 15) is 15.3 Å². The average molecular weight is 300 g/mol. The Labute approximate surface area is 119 Å². The zero-order valence-electron chi connectivity index (χ0n) is 9.68. The number of rotatable bonds is 2. The van der Waals surface area contributed by atoms with Crippen LogP contribution in [0.4, 0.5) is 0 Å². The van der Waals surface area contributed by atoms with E-state index < -0.39 is 30.6 Å². The number of nitrogens with one attached hydrogen (secondary N) is 1. The van der Waals surface area contributed by atoms with Gasteiger partial charge < -0.3 is 25.0 Å². The number of aromatic nitrogens is 2. The van der Waals surface area contributed by atoms with E-state index in [0.717, 1.165) is 0 Å². The van der Waals surface area contributed by atoms with Crippen molar-refractivity contribution in [2.24, 2.45) is 0 Å². The van der Waals surface area contributed by atoms with Crippen LogP contribution in [-0.2, 0) is 4.74 Å². The van der Waals surface area contributed by atoms with Crippen LogP contribution in [0.15, 0.2) is 12.3 Å². The first-order valence-corrected chi connectivity index (χ1v) is 6.21. The van der Waals surface area contributed by atoms with Crippen molar-refractivity contribution in [1.29, 1.82) is 0 Å². The number of terminal acetylenes is 1. The van der Waals surface area contributed by atoms with E-state index in [-0.39, 0.29) is 4.77 Å². The largest absolute Gasteiger partial charge is 0.392 e. The van der Waals surface area contributed by atoms with E-state index in [2.05, 4.69) is 10.9 Å². The van der Waals surface area contributed by atoms with Crippen molar-refractivity contribution in [2.45, 2.75) is 24.0 Å². The smallest absolute Gasteiger partial charge is 0.182 e. The Bertz CT molecular complexity index is 635. The minimum absolute atomic E-state index is 0.217. The summed E-state index contributed by atoms with van der Waals surface area (Å²) in [6.45, 7) is -0.617. The third-order valence-electron chi connectivity index (χ3n) is 3.03. The van der Waals surface area contributed by atoms with E-state index in [1.54, 1.807) is 6.07 Å². The Kier molecular flexibility index (Phi) is 3.87. The molecule has 2 heterocycles. The van der Waals surface area contributed by atoms with Crippen LogP contribution in [0.3, 0.4) is 0 Å². The van der Waals surface area contributed by atoms with Crippen molar-refractivity contribution >= 4 is 24.4 Å². The molecule has 4 N–H and O–H groups in total. The normalized spacial score (nSPS) is 34.1. The lowest BCUT2D eigenvalue weighted by atomic mass is 9.97. The topological polar surface area (TPSA) is 90.6 Å². The number of aliphatic hydroxyl groups is 3. The molecule has 1 aromatic heterocycles. The lowest BCUT2D eigenvalue weighted by Crippen LogP contribution is -2.44. The fourth-order valence-electron chi connectivity index (χ4n) is 1.93. The van der Waals surface area contributed by atoms with Gasteiger partial charge in [0.05, 0.1) is 6.61 Å². The highest BCUT2D eigenvalue weighted by atomic mass is 32.1. The van der Waals surface area contributed by atoms with Gasteiger partial charge in [0.15, 0.2) is 16.6 Å². The predicted octanol–water partition coefficient (Wildman–Crippen LogP) is -0.110. The first kappa shape index (κ1) is 14.3. The molecule has 1 aromatic rings. The van der Waals surface area contributed by atoms with Crippen LogP contribution in [0.2, 0.25) is 0 Å². The van der Waals surface area contributed by atoms with Gasteiger partial charge in [-0.3, -0.25) is 4.57 Å². The number of hydrogen-bond acceptors (Lipinski definition) is 6. The maximum atomic E-state index is 10.0. The summed E-state index contributed by atoms with van der Waals surface area (Å²) < 4.78 is 7.46. The maximum absolute atomic E-state index is 10.0. The molecule has 1 aliphatic rings. The monoisotopic (exact) mass is 300 g/mol. The predicted molar refractivity (Wildman–Crippen MR) is 71.2 cm³/mol. The van der Waals surface area contributed by atoms with E-state index >= 15 is 0 Å². The second kappa shape index (κ2) is 5.13. The van der Waals surface area contributed by atoms with Gasteiger partial charge in [-0.15, -0.1) is 6.42 Å². The van der Waals surface area contributed by atoms with Crippen molar-refractivity contribution in [3.63, 3.8) is 0 Å². The molecule has 1 fully saturated rings. The molecule has 6 nitrogen and oxygen atoms in total. The first-order valence-electron chi connectivity index (χ1n) is 5.39. The summed E-state index contributed by atoms with van der Waals surface area (Å²) in [6, 6.07) is 1.56. The second-order valence-electron chi connectivity index (χ2n) is 4.15. The van der Waals surface area contributed by atoms with E-state index in [1.165, 1.54) is 10.8 Å². The van der Waals surface area contributed by atoms with E-state index in [0.29, 0.717) is 4.64 Å². The highest BCUT2D eigenvalue weighted by molar-refractivity contribution is 7.72. The summed E-state index contributed by atoms with van der Waals surface area (Å²) in [7, 11) is 0. The Morgan fingerprint density at radius 3 is 2.68 bits per heavy atom. The molecule has 102 valence electrons. The van der Waals surface area contributed by atoms with Crippen LogP contribution in [0.1, 0.15) is 6.23 Å². The van der Waals surface area contributed by atoms with Crippen molar-refractivity contribution < 1.29 is 20.1 Å². The molecule has 0 aliphatic carbocycles. The number of hydrogen-bond donors (Lipinski definition) is 4. The zero-order chi connectivity index (χ0) is 14.2. The summed E-state index contributed by atoms with van der Waals surface area (Å²) in [5.74, 6) is 2.18. The Morgan fingerprint density at radius 1 is 1.53 bits per heavy atom. The molecule has 0 radical (unpaired) electrons. The molecule has 2 rings (SSSR count). The van der Waals surface area contributed by atoms with Crippen LogP contribution in [-0.4, -0.2) is 49.3 Å². The zero-order valence-corrected chi connectivity index (χ0v) is 11.3. The summed E-state index contributed by atoms with van der Waals surface area (Å²) in [4.78, 5) is 2.72. The van der Waals surface area contributed by atoms with E-state index in [1.807, 2.05) is 0 Å². The lowest BCUT2D eigenvalue weighted by Gasteiger charge is -2.23. The summed E-state index contributed by atoms with van der Waals surface area (Å²) in [5, 5.41) is 29.2. The van der Waals surface area contributed by atoms with Gasteiger partial charge in [-0.25, -0.2) is 0 Å². The van der Waals surface area contributed by atoms with Crippen molar-refractivity contribution in [2.75, 3.05) is 6.61 Å². The fraction of sp³-hybridized carbons (Fsp3) is 0.455. The molecule has 8 heteroatoms. The summed E-state index contributed by atoms with van der Waals surface area (Å²) in [6.07, 6.45) is 3.05. The number of ether oxygens (including phenoxy) is 1. The molecule has 0 saturated carbocycles. The van der Waals surface area contributed by atoms with Crippen LogP contribution < -0.4 is 0 Å². The lowest BCUT2D eigenvalue weighted by molar-refractivity contribution is -0.0930. The van der Waals surface area contributed by atoms with Crippen LogP contribution >= 0.6 is 24.4 Å². The Hall–Kier alpha value is -1.08. The second-order valence-corrected chi connectivity index (χ2v) is 4.98. The number of nitrogens with zero attached hydrogens (tertiary/aromatic N) is 1. The Balaban J connectivity index is 2.46. The molecule has 0 amide bonds. The van der Waals surface area contributed by atoms with E-state index in [4.69, 9.17) is 35.6 Å². The number of aromatic amines is 1. The highest BCUT2D eigenvalue weighted by Gasteiger charge is 2.53. The third kappa shape index (κ3) is 2.25. The van der Waals surface area contributed by atoms with Crippen molar-refractivity contribution in [1.82, 2.24) is 9.55 Å². The molecule has 1 unspecified atom stereocenters. The van der Waals surface area contributed by atoms with Gasteiger partial charge in [-0.1, -0.05) is 18.1 Å². The van der Waals surface area contributed by atoms with Gasteiger partial charge in [0.1, 0.15) is 16.8 Å². The fourth-order valence-corrected chi connectivity index (χ4v) is 2.43. The van der Waals surface area contributed by atoms with Gasteiger partial charge in [0.2, 0.25) is 0 Å². The molecule has 0 spiro atoms. The van der Waals surface area contributed by atoms with Crippen LogP contribution in [0, 0.1) is 21.8 Å². The molecule has 0 aromatic carbocycles. The quantitative estimate of drug-likeness (QED) is 0.450. The maximum Gasteiger partial charge on any atom is 0.182 e. The average Bonchev–Trinajstić information content (AvgIpc) is 2.64. The standard InChI is InChI=1S/C11H12N2O4S2/c1-2-11(5-14)8(16)7(15)9(17-11)13-4-3-6(18)12-10(13)19/h1,3-4,7-9,14-16H,5H2,(H,12,18,19)/t7?,8-,9-,11-/m1/s1. The molecule has 19 heavy (non-hydrogen) atoms. The van der Waals surface area contributed by atoms with Crippen molar-refractivity contribution in [3.05, 3.63) is 21.7 Å². The molecule has 1 aliphatic heterocycles.